The van der Waals surface area contributed by atoms with Crippen molar-refractivity contribution in [2.24, 2.45) is 9.98 Å². The van der Waals surface area contributed by atoms with Gasteiger partial charge in [0.2, 0.25) is 0 Å². The fourth-order valence-electron chi connectivity index (χ4n) is 2.99. The molecule has 0 heterocycles. The SMILES string of the molecule is CCCCOCCC(CCC)=NCCCSCCN=C(CCC)CCOCCCC. The number of nitrogens with zero attached hydrogens (tertiary/aromatic N) is 2. The van der Waals surface area contributed by atoms with Crippen molar-refractivity contribution in [1.29, 1.82) is 0 Å². The van der Waals surface area contributed by atoms with E-state index in [4.69, 9.17) is 19.5 Å². The van der Waals surface area contributed by atoms with Gasteiger partial charge >= 0.3 is 0 Å². The molecule has 0 amide bonds. The largest absolute Gasteiger partial charge is 0.381 e. The van der Waals surface area contributed by atoms with Crippen molar-refractivity contribution in [2.45, 2.75) is 98.3 Å². The molecule has 0 aromatic heterocycles. The van der Waals surface area contributed by atoms with Crippen LogP contribution in [-0.2, 0) is 9.47 Å². The molecule has 0 spiro atoms. The third kappa shape index (κ3) is 20.9. The summed E-state index contributed by atoms with van der Waals surface area (Å²) in [6, 6.07) is 0. The Balaban J connectivity index is 3.87. The van der Waals surface area contributed by atoms with Crippen molar-refractivity contribution in [1.82, 2.24) is 0 Å². The first kappa shape index (κ1) is 29.6. The molecule has 178 valence electrons. The van der Waals surface area contributed by atoms with E-state index in [9.17, 15) is 0 Å². The molecule has 0 atom stereocenters. The van der Waals surface area contributed by atoms with E-state index in [1.165, 1.54) is 42.9 Å². The Morgan fingerprint density at radius 2 is 1.10 bits per heavy atom. The van der Waals surface area contributed by atoms with Crippen LogP contribution in [0.5, 0.6) is 0 Å². The van der Waals surface area contributed by atoms with Gasteiger partial charge < -0.3 is 9.47 Å². The summed E-state index contributed by atoms with van der Waals surface area (Å²) in [5.74, 6) is 2.29. The molecule has 0 rings (SSSR count). The van der Waals surface area contributed by atoms with Crippen molar-refractivity contribution in [3.8, 4) is 0 Å². The highest BCUT2D eigenvalue weighted by Crippen LogP contribution is 2.06. The molecule has 5 heteroatoms. The minimum Gasteiger partial charge on any atom is -0.381 e. The van der Waals surface area contributed by atoms with E-state index >= 15 is 0 Å². The lowest BCUT2D eigenvalue weighted by Crippen LogP contribution is -2.07. The van der Waals surface area contributed by atoms with Crippen LogP contribution < -0.4 is 0 Å². The van der Waals surface area contributed by atoms with Crippen LogP contribution in [0.4, 0.5) is 0 Å². The van der Waals surface area contributed by atoms with Crippen molar-refractivity contribution in [2.75, 3.05) is 51.0 Å². The molecule has 0 aliphatic carbocycles. The van der Waals surface area contributed by atoms with Gasteiger partial charge in [0, 0.05) is 56.3 Å². The van der Waals surface area contributed by atoms with Gasteiger partial charge in [0.25, 0.3) is 0 Å². The summed E-state index contributed by atoms with van der Waals surface area (Å²) < 4.78 is 11.4. The molecule has 0 saturated carbocycles. The summed E-state index contributed by atoms with van der Waals surface area (Å²) in [4.78, 5) is 9.67. The highest BCUT2D eigenvalue weighted by Gasteiger charge is 2.01. The second-order valence-electron chi connectivity index (χ2n) is 7.79. The average molecular weight is 443 g/mol. The van der Waals surface area contributed by atoms with E-state index in [1.54, 1.807) is 0 Å². The van der Waals surface area contributed by atoms with Gasteiger partial charge in [0.1, 0.15) is 0 Å². The van der Waals surface area contributed by atoms with E-state index < -0.39 is 0 Å². The third-order valence-electron chi connectivity index (χ3n) is 4.78. The summed E-state index contributed by atoms with van der Waals surface area (Å²) in [6.45, 7) is 14.2. The summed E-state index contributed by atoms with van der Waals surface area (Å²) >= 11 is 2.01. The lowest BCUT2D eigenvalue weighted by Gasteiger charge is -2.08. The first-order valence-electron chi connectivity index (χ1n) is 12.6. The zero-order valence-corrected chi connectivity index (χ0v) is 21.4. The Morgan fingerprint density at radius 3 is 1.60 bits per heavy atom. The van der Waals surface area contributed by atoms with Crippen LogP contribution in [0.25, 0.3) is 0 Å². The third-order valence-corrected chi connectivity index (χ3v) is 5.83. The summed E-state index contributed by atoms with van der Waals surface area (Å²) in [5, 5.41) is 0. The van der Waals surface area contributed by atoms with Gasteiger partial charge in [-0.2, -0.15) is 11.8 Å². The number of aliphatic imine (C=N–C) groups is 2. The average Bonchev–Trinajstić information content (AvgIpc) is 2.75. The van der Waals surface area contributed by atoms with Crippen LogP contribution in [0.3, 0.4) is 0 Å². The molecule has 0 bridgehead atoms. The van der Waals surface area contributed by atoms with Gasteiger partial charge in [-0.25, -0.2) is 0 Å². The first-order chi connectivity index (χ1) is 14.8. The fourth-order valence-corrected chi connectivity index (χ4v) is 3.75. The van der Waals surface area contributed by atoms with Crippen molar-refractivity contribution in [3.63, 3.8) is 0 Å². The second-order valence-corrected chi connectivity index (χ2v) is 9.02. The molecule has 4 nitrogen and oxygen atoms in total. The molecule has 0 aliphatic heterocycles. The minimum atomic E-state index is 0.827. The predicted octanol–water partition coefficient (Wildman–Crippen LogP) is 7.01. The zero-order valence-electron chi connectivity index (χ0n) is 20.6. The summed E-state index contributed by atoms with van der Waals surface area (Å²) in [6.07, 6.45) is 12.4. The molecule has 0 aromatic rings. The van der Waals surface area contributed by atoms with Crippen LogP contribution in [0.2, 0.25) is 0 Å². The van der Waals surface area contributed by atoms with Crippen LogP contribution >= 0.6 is 11.8 Å². The molecule has 0 unspecified atom stereocenters. The maximum atomic E-state index is 5.70. The molecule has 0 fully saturated rings. The van der Waals surface area contributed by atoms with Crippen LogP contribution in [0.15, 0.2) is 9.98 Å². The highest BCUT2D eigenvalue weighted by molar-refractivity contribution is 7.99. The van der Waals surface area contributed by atoms with Crippen LogP contribution in [-0.4, -0.2) is 62.4 Å². The number of unbranched alkanes of at least 4 members (excludes halogenated alkanes) is 2. The molecule has 0 aromatic carbocycles. The van der Waals surface area contributed by atoms with E-state index in [0.29, 0.717) is 0 Å². The molecule has 30 heavy (non-hydrogen) atoms. The molecular formula is C25H50N2O2S. The van der Waals surface area contributed by atoms with E-state index in [-0.39, 0.29) is 0 Å². The Morgan fingerprint density at radius 1 is 0.567 bits per heavy atom. The van der Waals surface area contributed by atoms with E-state index in [2.05, 4.69) is 27.7 Å². The maximum Gasteiger partial charge on any atom is 0.0518 e. The number of hydrogen-bond donors (Lipinski definition) is 0. The lowest BCUT2D eigenvalue weighted by atomic mass is 10.1. The number of hydrogen-bond acceptors (Lipinski definition) is 5. The normalized spacial score (nSPS) is 12.7. The summed E-state index contributed by atoms with van der Waals surface area (Å²) in [5.41, 5.74) is 2.68. The predicted molar refractivity (Wildman–Crippen MR) is 137 cm³/mol. The van der Waals surface area contributed by atoms with Gasteiger partial charge in [-0.1, -0.05) is 53.4 Å². The van der Waals surface area contributed by atoms with Crippen molar-refractivity contribution < 1.29 is 9.47 Å². The maximum absolute atomic E-state index is 5.70. The number of rotatable bonds is 23. The molecular weight excluding hydrogens is 392 g/mol. The quantitative estimate of drug-likeness (QED) is 0.126. The standard InChI is InChI=1S/C25H50N2O2S/c1-5-9-18-28-20-14-24(12-7-3)26-16-11-22-30-23-17-27-25(13-8-4)15-21-29-19-10-6-2/h5-23H2,1-4H3. The van der Waals surface area contributed by atoms with Gasteiger partial charge in [-0.05, 0) is 37.9 Å². The Bertz CT molecular complexity index is 376. The van der Waals surface area contributed by atoms with E-state index in [0.717, 1.165) is 90.2 Å². The summed E-state index contributed by atoms with van der Waals surface area (Å²) in [7, 11) is 0. The first-order valence-corrected chi connectivity index (χ1v) is 13.7. The van der Waals surface area contributed by atoms with Gasteiger partial charge in [-0.15, -0.1) is 0 Å². The fraction of sp³-hybridized carbons (Fsp3) is 0.920. The number of ether oxygens (including phenoxy) is 2. The van der Waals surface area contributed by atoms with Crippen LogP contribution in [0.1, 0.15) is 98.3 Å². The van der Waals surface area contributed by atoms with Crippen molar-refractivity contribution >= 4 is 23.2 Å². The minimum absolute atomic E-state index is 0.827. The zero-order chi connectivity index (χ0) is 22.1. The van der Waals surface area contributed by atoms with E-state index in [1.807, 2.05) is 11.8 Å². The van der Waals surface area contributed by atoms with Crippen LogP contribution in [0, 0.1) is 0 Å². The molecule has 0 saturated heterocycles. The highest BCUT2D eigenvalue weighted by atomic mass is 32.2. The van der Waals surface area contributed by atoms with Gasteiger partial charge in [-0.3, -0.25) is 9.98 Å². The van der Waals surface area contributed by atoms with Gasteiger partial charge in [0.15, 0.2) is 0 Å². The smallest absolute Gasteiger partial charge is 0.0518 e. The lowest BCUT2D eigenvalue weighted by molar-refractivity contribution is 0.137. The Hall–Kier alpha value is -0.390. The molecule has 0 aliphatic rings. The number of thioether (sulfide) groups is 1. The molecule has 0 radical (unpaired) electrons. The molecule has 0 N–H and O–H groups in total. The van der Waals surface area contributed by atoms with Gasteiger partial charge in [0.05, 0.1) is 13.2 Å². The second kappa shape index (κ2) is 24.9. The monoisotopic (exact) mass is 442 g/mol. The Kier molecular flexibility index (Phi) is 24.6. The van der Waals surface area contributed by atoms with Crippen molar-refractivity contribution in [3.05, 3.63) is 0 Å². The Labute approximate surface area is 192 Å². The topological polar surface area (TPSA) is 43.2 Å².